The van der Waals surface area contributed by atoms with Crippen molar-refractivity contribution in [1.82, 2.24) is 24.9 Å². The Kier molecular flexibility index (Phi) is 5.92. The van der Waals surface area contributed by atoms with Crippen molar-refractivity contribution in [3.63, 3.8) is 0 Å². The van der Waals surface area contributed by atoms with Gasteiger partial charge in [-0.25, -0.2) is 0 Å². The number of morpholine rings is 1. The topological polar surface area (TPSA) is 92.8 Å². The van der Waals surface area contributed by atoms with Gasteiger partial charge in [-0.3, -0.25) is 14.3 Å². The summed E-state index contributed by atoms with van der Waals surface area (Å²) in [7, 11) is 3.94. The number of fused-ring (bicyclic) bond motifs is 3. The lowest BCUT2D eigenvalue weighted by Gasteiger charge is -2.26. The van der Waals surface area contributed by atoms with E-state index in [0.29, 0.717) is 38.6 Å². The van der Waals surface area contributed by atoms with Crippen LogP contribution in [0.25, 0.3) is 11.3 Å². The predicted octanol–water partition coefficient (Wildman–Crippen LogP) is 0.700. The van der Waals surface area contributed by atoms with Crippen molar-refractivity contribution >= 4 is 11.8 Å². The summed E-state index contributed by atoms with van der Waals surface area (Å²) >= 11 is 0. The smallest absolute Gasteiger partial charge is 0.290 e. The molecular formula is C21H29N5O4. The number of aryl methyl sites for hydroxylation is 2. The maximum atomic E-state index is 12.9. The highest BCUT2D eigenvalue weighted by atomic mass is 16.5. The molecular weight excluding hydrogens is 386 g/mol. The van der Waals surface area contributed by atoms with E-state index in [4.69, 9.17) is 9.15 Å². The van der Waals surface area contributed by atoms with Crippen molar-refractivity contribution < 1.29 is 18.7 Å². The molecule has 1 aliphatic heterocycles. The Morgan fingerprint density at radius 1 is 1.23 bits per heavy atom. The highest BCUT2D eigenvalue weighted by Gasteiger charge is 2.32. The number of rotatable bonds is 6. The number of ether oxygens (including phenoxy) is 1. The molecule has 0 unspecified atom stereocenters. The van der Waals surface area contributed by atoms with Gasteiger partial charge in [0.25, 0.3) is 5.91 Å². The van der Waals surface area contributed by atoms with Gasteiger partial charge in [-0.15, -0.1) is 0 Å². The lowest BCUT2D eigenvalue weighted by molar-refractivity contribution is -0.121. The first-order chi connectivity index (χ1) is 14.4. The quantitative estimate of drug-likeness (QED) is 0.747. The number of likely N-dealkylation sites (N-methyl/N-ethyl adjacent to an activating group) is 1. The van der Waals surface area contributed by atoms with E-state index in [0.717, 1.165) is 47.5 Å². The van der Waals surface area contributed by atoms with Crippen molar-refractivity contribution in [3.8, 4) is 11.3 Å². The molecule has 1 saturated heterocycles. The summed E-state index contributed by atoms with van der Waals surface area (Å²) in [6, 6.07) is 0. The molecule has 30 heavy (non-hydrogen) atoms. The Hall–Kier alpha value is -2.65. The zero-order valence-corrected chi connectivity index (χ0v) is 17.9. The van der Waals surface area contributed by atoms with Crippen LogP contribution in [0.5, 0.6) is 0 Å². The molecule has 4 rings (SSSR count). The fourth-order valence-electron chi connectivity index (χ4n) is 3.98. The molecule has 0 atom stereocenters. The van der Waals surface area contributed by atoms with Gasteiger partial charge in [0, 0.05) is 49.9 Å². The first-order valence-corrected chi connectivity index (χ1v) is 10.4. The van der Waals surface area contributed by atoms with E-state index >= 15 is 0 Å². The molecule has 2 aromatic rings. The van der Waals surface area contributed by atoms with Gasteiger partial charge >= 0.3 is 0 Å². The molecule has 0 saturated carbocycles. The molecule has 0 spiro atoms. The fourth-order valence-corrected chi connectivity index (χ4v) is 3.98. The Morgan fingerprint density at radius 3 is 2.73 bits per heavy atom. The zero-order chi connectivity index (χ0) is 21.3. The largest absolute Gasteiger partial charge is 0.455 e. The van der Waals surface area contributed by atoms with Crippen molar-refractivity contribution in [2.45, 2.75) is 26.3 Å². The molecule has 2 aliphatic rings. The summed E-state index contributed by atoms with van der Waals surface area (Å²) in [6.07, 6.45) is 3.43. The Labute approximate surface area is 175 Å². The minimum atomic E-state index is -0.0912. The average molecular weight is 415 g/mol. The van der Waals surface area contributed by atoms with Crippen LogP contribution in [-0.2, 0) is 28.9 Å². The highest BCUT2D eigenvalue weighted by molar-refractivity contribution is 5.95. The van der Waals surface area contributed by atoms with E-state index in [1.165, 1.54) is 0 Å². The summed E-state index contributed by atoms with van der Waals surface area (Å²) in [5.41, 5.74) is 3.63. The van der Waals surface area contributed by atoms with E-state index in [9.17, 15) is 9.59 Å². The van der Waals surface area contributed by atoms with Gasteiger partial charge in [-0.1, -0.05) is 0 Å². The third kappa shape index (κ3) is 4.13. The molecule has 9 heteroatoms. The number of nitrogens with zero attached hydrogens (tertiary/aromatic N) is 4. The SMILES string of the molecule is Cc1c(C(=O)N2CCOCC2)oc2c1-c1nn(CC(=O)NCCN(C)C)cc1CC2. The Bertz CT molecular complexity index is 940. The number of carbonyl (C=O) groups excluding carboxylic acids is 2. The van der Waals surface area contributed by atoms with Crippen LogP contribution in [0.15, 0.2) is 10.6 Å². The first-order valence-electron chi connectivity index (χ1n) is 10.4. The summed E-state index contributed by atoms with van der Waals surface area (Å²) in [4.78, 5) is 29.0. The molecule has 2 aromatic heterocycles. The van der Waals surface area contributed by atoms with Crippen LogP contribution < -0.4 is 5.32 Å². The summed E-state index contributed by atoms with van der Waals surface area (Å²) < 4.78 is 13.0. The van der Waals surface area contributed by atoms with Gasteiger partial charge < -0.3 is 24.3 Å². The molecule has 2 amide bonds. The van der Waals surface area contributed by atoms with E-state index in [1.54, 1.807) is 9.58 Å². The monoisotopic (exact) mass is 415 g/mol. The third-order valence-electron chi connectivity index (χ3n) is 5.59. The third-order valence-corrected chi connectivity index (χ3v) is 5.59. The lowest BCUT2D eigenvalue weighted by Crippen LogP contribution is -2.40. The van der Waals surface area contributed by atoms with Gasteiger partial charge in [-0.05, 0) is 33.0 Å². The van der Waals surface area contributed by atoms with Crippen molar-refractivity contribution in [3.05, 3.63) is 28.8 Å². The van der Waals surface area contributed by atoms with Crippen molar-refractivity contribution in [2.75, 3.05) is 53.5 Å². The van der Waals surface area contributed by atoms with Crippen LogP contribution in [0.3, 0.4) is 0 Å². The summed E-state index contributed by atoms with van der Waals surface area (Å²) in [5.74, 6) is 1.04. The molecule has 1 fully saturated rings. The van der Waals surface area contributed by atoms with Crippen LogP contribution in [-0.4, -0.2) is 84.9 Å². The number of hydrogen-bond donors (Lipinski definition) is 1. The molecule has 9 nitrogen and oxygen atoms in total. The van der Waals surface area contributed by atoms with Gasteiger partial charge in [0.05, 0.1) is 18.9 Å². The molecule has 0 aromatic carbocycles. The van der Waals surface area contributed by atoms with E-state index in [-0.39, 0.29) is 18.4 Å². The van der Waals surface area contributed by atoms with Gasteiger partial charge in [0.15, 0.2) is 5.76 Å². The van der Waals surface area contributed by atoms with Crippen LogP contribution >= 0.6 is 0 Å². The van der Waals surface area contributed by atoms with E-state index in [1.807, 2.05) is 32.1 Å². The summed E-state index contributed by atoms with van der Waals surface area (Å²) in [6.45, 7) is 5.74. The number of carbonyl (C=O) groups is 2. The summed E-state index contributed by atoms with van der Waals surface area (Å²) in [5, 5.41) is 7.57. The number of nitrogens with one attached hydrogen (secondary N) is 1. The predicted molar refractivity (Wildman–Crippen MR) is 110 cm³/mol. The van der Waals surface area contributed by atoms with Gasteiger partial charge in [-0.2, -0.15) is 5.10 Å². The van der Waals surface area contributed by atoms with E-state index in [2.05, 4.69) is 10.4 Å². The van der Waals surface area contributed by atoms with Crippen LogP contribution in [0, 0.1) is 6.92 Å². The molecule has 0 bridgehead atoms. The van der Waals surface area contributed by atoms with Crippen LogP contribution in [0.1, 0.15) is 27.4 Å². The number of furan rings is 1. The maximum Gasteiger partial charge on any atom is 0.290 e. The van der Waals surface area contributed by atoms with Crippen LogP contribution in [0.2, 0.25) is 0 Å². The average Bonchev–Trinajstić information content (AvgIpc) is 3.28. The van der Waals surface area contributed by atoms with Crippen molar-refractivity contribution in [1.29, 1.82) is 0 Å². The van der Waals surface area contributed by atoms with Crippen LogP contribution in [0.4, 0.5) is 0 Å². The zero-order valence-electron chi connectivity index (χ0n) is 17.9. The molecule has 1 aliphatic carbocycles. The van der Waals surface area contributed by atoms with Gasteiger partial charge in [0.2, 0.25) is 5.91 Å². The first kappa shape index (κ1) is 20.6. The number of amides is 2. The number of hydrogen-bond acceptors (Lipinski definition) is 6. The lowest BCUT2D eigenvalue weighted by atomic mass is 9.93. The maximum absolute atomic E-state index is 12.9. The fraction of sp³-hybridized carbons (Fsp3) is 0.571. The standard InChI is InChI=1S/C21H29N5O4/c1-14-18-16(30-20(14)21(28)25-8-10-29-11-9-25)5-4-15-12-26(23-19(15)18)13-17(27)22-6-7-24(2)3/h12H,4-11,13H2,1-3H3,(H,22,27). The highest BCUT2D eigenvalue weighted by Crippen LogP contribution is 2.38. The van der Waals surface area contributed by atoms with Gasteiger partial charge in [0.1, 0.15) is 12.3 Å². The normalized spacial score (nSPS) is 15.8. The molecule has 3 heterocycles. The minimum Gasteiger partial charge on any atom is -0.455 e. The minimum absolute atomic E-state index is 0.0657. The number of aromatic nitrogens is 2. The second kappa shape index (κ2) is 8.61. The van der Waals surface area contributed by atoms with E-state index < -0.39 is 0 Å². The second-order valence-electron chi connectivity index (χ2n) is 8.11. The van der Waals surface area contributed by atoms with Crippen molar-refractivity contribution in [2.24, 2.45) is 0 Å². The molecule has 0 radical (unpaired) electrons. The molecule has 1 N–H and O–H groups in total. The second-order valence-corrected chi connectivity index (χ2v) is 8.11. The molecule has 162 valence electrons. The Balaban J connectivity index is 1.52. The Morgan fingerprint density at radius 2 is 2.00 bits per heavy atom.